The second kappa shape index (κ2) is 3.63. The molecular weight excluding hydrogens is 284 g/mol. The Balaban J connectivity index is 2.23. The third-order valence-electron chi connectivity index (χ3n) is 2.51. The molecular formula is C10H9BrN6. The quantitative estimate of drug-likeness (QED) is 0.683. The van der Waals surface area contributed by atoms with E-state index >= 15 is 0 Å². The second-order valence-corrected chi connectivity index (χ2v) is 4.54. The molecule has 0 saturated heterocycles. The van der Waals surface area contributed by atoms with Crippen LogP contribution in [-0.2, 0) is 7.05 Å². The Labute approximate surface area is 105 Å². The van der Waals surface area contributed by atoms with Gasteiger partial charge in [0.25, 0.3) is 5.78 Å². The number of nitrogens with zero attached hydrogens (tertiary/aromatic N) is 6. The van der Waals surface area contributed by atoms with E-state index in [1.807, 2.05) is 20.0 Å². The van der Waals surface area contributed by atoms with Crippen LogP contribution >= 0.6 is 15.9 Å². The molecule has 0 bridgehead atoms. The molecule has 0 atom stereocenters. The van der Waals surface area contributed by atoms with E-state index < -0.39 is 0 Å². The number of imidazole rings is 1. The highest BCUT2D eigenvalue weighted by Gasteiger charge is 2.10. The van der Waals surface area contributed by atoms with Crippen LogP contribution in [0.1, 0.15) is 5.69 Å². The molecule has 3 heterocycles. The van der Waals surface area contributed by atoms with Gasteiger partial charge in [0.2, 0.25) is 0 Å². The average molecular weight is 293 g/mol. The molecule has 0 saturated carbocycles. The molecule has 0 N–H and O–H groups in total. The summed E-state index contributed by atoms with van der Waals surface area (Å²) in [6.45, 7) is 1.94. The average Bonchev–Trinajstić information content (AvgIpc) is 2.83. The van der Waals surface area contributed by atoms with Gasteiger partial charge in [-0.3, -0.25) is 4.68 Å². The molecule has 0 aliphatic heterocycles. The molecule has 17 heavy (non-hydrogen) atoms. The van der Waals surface area contributed by atoms with Crippen molar-refractivity contribution in [2.24, 2.45) is 7.05 Å². The number of aryl methyl sites for hydroxylation is 2. The summed E-state index contributed by atoms with van der Waals surface area (Å²) >= 11 is 3.34. The maximum Gasteiger partial charge on any atom is 0.250 e. The van der Waals surface area contributed by atoms with Gasteiger partial charge in [-0.1, -0.05) is 0 Å². The van der Waals surface area contributed by atoms with E-state index in [4.69, 9.17) is 0 Å². The van der Waals surface area contributed by atoms with Crippen molar-refractivity contribution in [1.29, 1.82) is 0 Å². The van der Waals surface area contributed by atoms with Crippen molar-refractivity contribution in [2.45, 2.75) is 6.92 Å². The summed E-state index contributed by atoms with van der Waals surface area (Å²) in [7, 11) is 1.87. The van der Waals surface area contributed by atoms with Gasteiger partial charge in [0.15, 0.2) is 0 Å². The van der Waals surface area contributed by atoms with E-state index in [9.17, 15) is 0 Å². The van der Waals surface area contributed by atoms with Crippen LogP contribution in [0.5, 0.6) is 0 Å². The van der Waals surface area contributed by atoms with Crippen molar-refractivity contribution in [3.8, 4) is 11.4 Å². The number of rotatable bonds is 1. The first-order valence-corrected chi connectivity index (χ1v) is 5.82. The van der Waals surface area contributed by atoms with E-state index in [1.54, 1.807) is 21.6 Å². The van der Waals surface area contributed by atoms with Crippen LogP contribution in [0.25, 0.3) is 17.2 Å². The highest BCUT2D eigenvalue weighted by Crippen LogP contribution is 2.19. The maximum atomic E-state index is 4.49. The first-order valence-electron chi connectivity index (χ1n) is 5.02. The fourth-order valence-corrected chi connectivity index (χ4v) is 2.13. The molecule has 0 amide bonds. The molecule has 0 aliphatic carbocycles. The van der Waals surface area contributed by atoms with Crippen LogP contribution in [0, 0.1) is 6.92 Å². The SMILES string of the molecule is Cc1cnc2ncc(-c3cc(Br)nn3C)nn12. The molecule has 0 unspecified atom stereocenters. The van der Waals surface area contributed by atoms with Gasteiger partial charge in [-0.15, -0.1) is 0 Å². The highest BCUT2D eigenvalue weighted by atomic mass is 79.9. The van der Waals surface area contributed by atoms with E-state index in [-0.39, 0.29) is 0 Å². The fourth-order valence-electron chi connectivity index (χ4n) is 1.67. The Bertz CT molecular complexity index is 698. The number of halogens is 1. The van der Waals surface area contributed by atoms with Gasteiger partial charge >= 0.3 is 0 Å². The zero-order valence-electron chi connectivity index (χ0n) is 9.29. The monoisotopic (exact) mass is 292 g/mol. The fraction of sp³-hybridized carbons (Fsp3) is 0.200. The summed E-state index contributed by atoms with van der Waals surface area (Å²) in [6, 6.07) is 1.90. The van der Waals surface area contributed by atoms with Crippen LogP contribution in [0.4, 0.5) is 0 Å². The minimum Gasteiger partial charge on any atom is -0.265 e. The van der Waals surface area contributed by atoms with Crippen LogP contribution in [0.2, 0.25) is 0 Å². The summed E-state index contributed by atoms with van der Waals surface area (Å²) in [5, 5.41) is 8.71. The Hall–Kier alpha value is -1.76. The first kappa shape index (κ1) is 10.4. The summed E-state index contributed by atoms with van der Waals surface area (Å²) in [4.78, 5) is 8.40. The van der Waals surface area contributed by atoms with Gasteiger partial charge in [-0.05, 0) is 22.9 Å². The largest absolute Gasteiger partial charge is 0.265 e. The predicted molar refractivity (Wildman–Crippen MR) is 65.4 cm³/mol. The second-order valence-electron chi connectivity index (χ2n) is 3.73. The molecule has 0 radical (unpaired) electrons. The van der Waals surface area contributed by atoms with Crippen molar-refractivity contribution < 1.29 is 0 Å². The van der Waals surface area contributed by atoms with E-state index in [0.29, 0.717) is 5.78 Å². The van der Waals surface area contributed by atoms with Crippen molar-refractivity contribution in [3.63, 3.8) is 0 Å². The molecule has 3 rings (SSSR count). The lowest BCUT2D eigenvalue weighted by molar-refractivity contribution is 0.759. The van der Waals surface area contributed by atoms with E-state index in [1.165, 1.54) is 0 Å². The number of aromatic nitrogens is 6. The topological polar surface area (TPSA) is 60.9 Å². The Morgan fingerprint density at radius 3 is 2.65 bits per heavy atom. The Kier molecular flexibility index (Phi) is 2.22. The van der Waals surface area contributed by atoms with E-state index in [0.717, 1.165) is 21.7 Å². The van der Waals surface area contributed by atoms with Crippen molar-refractivity contribution in [2.75, 3.05) is 0 Å². The van der Waals surface area contributed by atoms with Crippen LogP contribution < -0.4 is 0 Å². The molecule has 0 fully saturated rings. The van der Waals surface area contributed by atoms with Gasteiger partial charge in [-0.25, -0.2) is 14.5 Å². The van der Waals surface area contributed by atoms with Gasteiger partial charge in [-0.2, -0.15) is 10.2 Å². The van der Waals surface area contributed by atoms with Gasteiger partial charge < -0.3 is 0 Å². The zero-order valence-corrected chi connectivity index (χ0v) is 10.9. The number of hydrogen-bond acceptors (Lipinski definition) is 4. The van der Waals surface area contributed by atoms with Crippen molar-refractivity contribution in [3.05, 3.63) is 28.8 Å². The summed E-state index contributed by atoms with van der Waals surface area (Å²) in [5.41, 5.74) is 2.62. The van der Waals surface area contributed by atoms with Crippen LogP contribution in [0.3, 0.4) is 0 Å². The molecule has 0 spiro atoms. The predicted octanol–water partition coefficient (Wildman–Crippen LogP) is 1.60. The van der Waals surface area contributed by atoms with Gasteiger partial charge in [0.05, 0.1) is 23.8 Å². The molecule has 3 aromatic heterocycles. The summed E-state index contributed by atoms with van der Waals surface area (Å²) in [5.74, 6) is 0.604. The minimum absolute atomic E-state index is 0.604. The molecule has 86 valence electrons. The molecule has 3 aromatic rings. The maximum absolute atomic E-state index is 4.49. The van der Waals surface area contributed by atoms with Gasteiger partial charge in [0.1, 0.15) is 10.3 Å². The van der Waals surface area contributed by atoms with Crippen molar-refractivity contribution in [1.82, 2.24) is 29.4 Å². The standard InChI is InChI=1S/C10H9BrN6/c1-6-4-12-10-13-5-7(14-17(6)10)8-3-9(11)15-16(8)2/h3-5H,1-2H3. The summed E-state index contributed by atoms with van der Waals surface area (Å²) < 4.78 is 4.25. The summed E-state index contributed by atoms with van der Waals surface area (Å²) in [6.07, 6.45) is 3.45. The molecule has 6 nitrogen and oxygen atoms in total. The molecule has 7 heteroatoms. The number of hydrogen-bond donors (Lipinski definition) is 0. The Morgan fingerprint density at radius 1 is 1.18 bits per heavy atom. The lowest BCUT2D eigenvalue weighted by Crippen LogP contribution is -2.01. The first-order chi connectivity index (χ1) is 8.15. The van der Waals surface area contributed by atoms with E-state index in [2.05, 4.69) is 36.1 Å². The third kappa shape index (κ3) is 1.62. The minimum atomic E-state index is 0.604. The zero-order chi connectivity index (χ0) is 12.0. The smallest absolute Gasteiger partial charge is 0.250 e. The normalized spacial score (nSPS) is 11.2. The third-order valence-corrected chi connectivity index (χ3v) is 2.90. The van der Waals surface area contributed by atoms with Gasteiger partial charge in [0, 0.05) is 13.1 Å². The van der Waals surface area contributed by atoms with Crippen LogP contribution in [0.15, 0.2) is 23.1 Å². The van der Waals surface area contributed by atoms with Crippen LogP contribution in [-0.4, -0.2) is 29.4 Å². The molecule has 0 aromatic carbocycles. The molecule has 0 aliphatic rings. The van der Waals surface area contributed by atoms with Crippen molar-refractivity contribution >= 4 is 21.7 Å². The lowest BCUT2D eigenvalue weighted by Gasteiger charge is -2.01. The lowest BCUT2D eigenvalue weighted by atomic mass is 10.3. The highest BCUT2D eigenvalue weighted by molar-refractivity contribution is 9.10. The Morgan fingerprint density at radius 2 is 1.94 bits per heavy atom. The number of fused-ring (bicyclic) bond motifs is 1.